The van der Waals surface area contributed by atoms with Crippen molar-refractivity contribution in [3.8, 4) is 0 Å². The molecular weight excluding hydrogens is 222 g/mol. The summed E-state index contributed by atoms with van der Waals surface area (Å²) in [6.45, 7) is 11.2. The molecule has 0 spiro atoms. The van der Waals surface area contributed by atoms with Crippen molar-refractivity contribution in [3.63, 3.8) is 0 Å². The van der Waals surface area contributed by atoms with Crippen LogP contribution in [0.5, 0.6) is 0 Å². The molecule has 16 heavy (non-hydrogen) atoms. The summed E-state index contributed by atoms with van der Waals surface area (Å²) in [5.41, 5.74) is 0. The molecule has 0 fully saturated rings. The summed E-state index contributed by atoms with van der Waals surface area (Å²) in [6.07, 6.45) is 2.59. The maximum Gasteiger partial charge on any atom is 0.484 e. The van der Waals surface area contributed by atoms with Gasteiger partial charge in [0, 0.05) is 19.8 Å². The second kappa shape index (κ2) is 17.5. The van der Waals surface area contributed by atoms with Crippen LogP contribution in [0.25, 0.3) is 0 Å². The fourth-order valence-electron chi connectivity index (χ4n) is 0.906. The highest BCUT2D eigenvalue weighted by Crippen LogP contribution is 1.91. The minimum atomic E-state index is -1.73. The summed E-state index contributed by atoms with van der Waals surface area (Å²) in [7, 11) is 0.248. The molecule has 0 saturated heterocycles. The summed E-state index contributed by atoms with van der Waals surface area (Å²) in [5, 5.41) is 3.07. The van der Waals surface area contributed by atoms with Gasteiger partial charge in [0.2, 0.25) is 0 Å². The minimum Gasteiger partial charge on any atom is -0.376 e. The van der Waals surface area contributed by atoms with Gasteiger partial charge in [0.25, 0.3) is 0 Å². The zero-order valence-electron chi connectivity index (χ0n) is 11.5. The lowest BCUT2D eigenvalue weighted by Gasteiger charge is -2.12. The van der Waals surface area contributed by atoms with Gasteiger partial charge in [0.05, 0.1) is 0 Å². The molecule has 100 valence electrons. The van der Waals surface area contributed by atoms with Gasteiger partial charge in [-0.2, -0.15) is 0 Å². The maximum absolute atomic E-state index is 5.22. The normalized spacial score (nSPS) is 10.1. The van der Waals surface area contributed by atoms with Crippen molar-refractivity contribution in [3.05, 3.63) is 0 Å². The molecule has 0 heterocycles. The number of hydrogen-bond donors (Lipinski definition) is 1. The lowest BCUT2D eigenvalue weighted by atomic mass is 10.3. The first-order valence-corrected chi connectivity index (χ1v) is 7.67. The summed E-state index contributed by atoms with van der Waals surface area (Å²) >= 11 is 0. The van der Waals surface area contributed by atoms with E-state index in [1.165, 1.54) is 12.8 Å². The Morgan fingerprint density at radius 1 is 0.875 bits per heavy atom. The van der Waals surface area contributed by atoms with E-state index in [9.17, 15) is 0 Å². The van der Waals surface area contributed by atoms with Gasteiger partial charge in [0.15, 0.2) is 0 Å². The molecule has 0 atom stereocenters. The molecular formula is C11H29NO3Si. The molecule has 0 aliphatic rings. The van der Waals surface area contributed by atoms with Gasteiger partial charge in [-0.3, -0.25) is 0 Å². The topological polar surface area (TPSA) is 39.7 Å². The van der Waals surface area contributed by atoms with E-state index in [1.807, 2.05) is 27.8 Å². The van der Waals surface area contributed by atoms with Gasteiger partial charge in [-0.05, 0) is 40.8 Å². The Morgan fingerprint density at radius 2 is 1.31 bits per heavy atom. The average Bonchev–Trinajstić information content (AvgIpc) is 2.28. The van der Waals surface area contributed by atoms with Crippen LogP contribution in [0.3, 0.4) is 0 Å². The standard InChI is InChI=1S/C6H16O3Si.C5H13N/c1-4-7-10(8-5-2)9-6-3;1-3-4-5-6-2/h10H,4-6H2,1-3H3;6H,3-5H2,1-2H3. The SMILES string of the molecule is CCCCNC.CCO[SiH](OCC)OCC. The van der Waals surface area contributed by atoms with Gasteiger partial charge >= 0.3 is 9.53 Å². The second-order valence-electron chi connectivity index (χ2n) is 3.11. The summed E-state index contributed by atoms with van der Waals surface area (Å²) in [4.78, 5) is 0. The van der Waals surface area contributed by atoms with E-state index >= 15 is 0 Å². The van der Waals surface area contributed by atoms with E-state index < -0.39 is 9.53 Å². The van der Waals surface area contributed by atoms with Gasteiger partial charge < -0.3 is 18.6 Å². The zero-order chi connectivity index (χ0) is 12.6. The molecule has 0 bridgehead atoms. The fourth-order valence-corrected chi connectivity index (χ4v) is 2.01. The van der Waals surface area contributed by atoms with E-state index in [0.717, 1.165) is 6.54 Å². The third-order valence-electron chi connectivity index (χ3n) is 1.69. The van der Waals surface area contributed by atoms with Gasteiger partial charge in [-0.1, -0.05) is 13.3 Å². The van der Waals surface area contributed by atoms with Crippen molar-refractivity contribution in [2.45, 2.75) is 40.5 Å². The van der Waals surface area contributed by atoms with Crippen molar-refractivity contribution in [2.24, 2.45) is 0 Å². The highest BCUT2D eigenvalue weighted by atomic mass is 28.3. The van der Waals surface area contributed by atoms with Crippen molar-refractivity contribution in [1.82, 2.24) is 5.32 Å². The van der Waals surface area contributed by atoms with Crippen LogP contribution >= 0.6 is 0 Å². The Balaban J connectivity index is 0. The van der Waals surface area contributed by atoms with Crippen LogP contribution in [0.1, 0.15) is 40.5 Å². The number of nitrogens with one attached hydrogen (secondary N) is 1. The first-order chi connectivity index (χ1) is 7.76. The highest BCUT2D eigenvalue weighted by molar-refractivity contribution is 6.36. The number of rotatable bonds is 9. The molecule has 0 saturated carbocycles. The molecule has 0 rings (SSSR count). The van der Waals surface area contributed by atoms with Crippen molar-refractivity contribution in [2.75, 3.05) is 33.4 Å². The Morgan fingerprint density at radius 3 is 1.50 bits per heavy atom. The fraction of sp³-hybridized carbons (Fsp3) is 1.00. The molecule has 1 N–H and O–H groups in total. The van der Waals surface area contributed by atoms with Crippen molar-refractivity contribution in [1.29, 1.82) is 0 Å². The molecule has 0 radical (unpaired) electrons. The first kappa shape index (κ1) is 18.4. The molecule has 0 aromatic carbocycles. The van der Waals surface area contributed by atoms with Gasteiger partial charge in [-0.25, -0.2) is 0 Å². The smallest absolute Gasteiger partial charge is 0.376 e. The molecule has 0 amide bonds. The Bertz CT molecular complexity index is 99.1. The van der Waals surface area contributed by atoms with E-state index in [2.05, 4.69) is 12.2 Å². The van der Waals surface area contributed by atoms with Crippen LogP contribution in [0.4, 0.5) is 0 Å². The molecule has 4 nitrogen and oxygen atoms in total. The summed E-state index contributed by atoms with van der Waals surface area (Å²) < 4.78 is 15.7. The first-order valence-electron chi connectivity index (χ1n) is 6.26. The van der Waals surface area contributed by atoms with E-state index in [-0.39, 0.29) is 0 Å². The maximum atomic E-state index is 5.22. The molecule has 0 unspecified atom stereocenters. The highest BCUT2D eigenvalue weighted by Gasteiger charge is 2.11. The van der Waals surface area contributed by atoms with Crippen LogP contribution in [0.2, 0.25) is 0 Å². The van der Waals surface area contributed by atoms with Crippen molar-refractivity contribution >= 4 is 9.53 Å². The van der Waals surface area contributed by atoms with E-state index in [0.29, 0.717) is 19.8 Å². The van der Waals surface area contributed by atoms with Crippen LogP contribution in [0.15, 0.2) is 0 Å². The van der Waals surface area contributed by atoms with Crippen molar-refractivity contribution < 1.29 is 13.3 Å². The lowest BCUT2D eigenvalue weighted by molar-refractivity contribution is 0.107. The van der Waals surface area contributed by atoms with Gasteiger partial charge in [0.1, 0.15) is 0 Å². The summed E-state index contributed by atoms with van der Waals surface area (Å²) in [6, 6.07) is 0. The summed E-state index contributed by atoms with van der Waals surface area (Å²) in [5.74, 6) is 0. The molecule has 0 aliphatic heterocycles. The number of unbranched alkanes of at least 4 members (excludes halogenated alkanes) is 1. The average molecular weight is 251 g/mol. The van der Waals surface area contributed by atoms with E-state index in [1.54, 1.807) is 0 Å². The van der Waals surface area contributed by atoms with Crippen LogP contribution in [-0.4, -0.2) is 42.9 Å². The Hall–Kier alpha value is 0.0569. The predicted octanol–water partition coefficient (Wildman–Crippen LogP) is 1.82. The van der Waals surface area contributed by atoms with Crippen LogP contribution < -0.4 is 5.32 Å². The van der Waals surface area contributed by atoms with Crippen LogP contribution in [-0.2, 0) is 13.3 Å². The third kappa shape index (κ3) is 16.5. The molecule has 0 aliphatic carbocycles. The van der Waals surface area contributed by atoms with Crippen LogP contribution in [0, 0.1) is 0 Å². The zero-order valence-corrected chi connectivity index (χ0v) is 12.7. The monoisotopic (exact) mass is 251 g/mol. The second-order valence-corrected chi connectivity index (χ2v) is 4.69. The lowest BCUT2D eigenvalue weighted by Crippen LogP contribution is -2.27. The quantitative estimate of drug-likeness (QED) is 0.501. The Kier molecular flexibility index (Phi) is 20.1. The van der Waals surface area contributed by atoms with Gasteiger partial charge in [-0.15, -0.1) is 0 Å². The largest absolute Gasteiger partial charge is 0.484 e. The van der Waals surface area contributed by atoms with E-state index in [4.69, 9.17) is 13.3 Å². The predicted molar refractivity (Wildman–Crippen MR) is 70.9 cm³/mol. The number of hydrogen-bond acceptors (Lipinski definition) is 4. The molecule has 0 aromatic rings. The molecule has 5 heteroatoms. The molecule has 0 aromatic heterocycles. The Labute approximate surface area is 103 Å². The third-order valence-corrected chi connectivity index (χ3v) is 3.51. The minimum absolute atomic E-state index is 0.677.